The van der Waals surface area contributed by atoms with E-state index in [0.717, 1.165) is 28.0 Å². The monoisotopic (exact) mass is 345 g/mol. The molecule has 0 aromatic heterocycles. The lowest BCUT2D eigenvalue weighted by Gasteiger charge is -2.11. The Morgan fingerprint density at radius 3 is 2.29 bits per heavy atom. The maximum atomic E-state index is 12.4. The molecule has 0 radical (unpaired) electrons. The summed E-state index contributed by atoms with van der Waals surface area (Å²) in [6, 6.07) is 10.7. The third-order valence-electron chi connectivity index (χ3n) is 4.11. The van der Waals surface area contributed by atoms with Crippen LogP contribution in [0.3, 0.4) is 0 Å². The molecule has 0 aliphatic rings. The number of methoxy groups -OCH3 is 1. The molecule has 2 aromatic carbocycles. The number of sulfone groups is 1. The number of rotatable bonds is 5. The first-order valence-corrected chi connectivity index (χ1v) is 9.36. The number of benzene rings is 2. The van der Waals surface area contributed by atoms with E-state index in [-0.39, 0.29) is 5.88 Å². The van der Waals surface area contributed by atoms with Crippen molar-refractivity contribution >= 4 is 15.5 Å². The summed E-state index contributed by atoms with van der Waals surface area (Å²) < 4.78 is 30.2. The molecule has 24 heavy (non-hydrogen) atoms. The molecule has 128 valence electrons. The van der Waals surface area contributed by atoms with Crippen molar-refractivity contribution in [2.75, 3.05) is 13.0 Å². The zero-order valence-electron chi connectivity index (χ0n) is 14.8. The van der Waals surface area contributed by atoms with Crippen LogP contribution in [0.1, 0.15) is 29.2 Å². The number of nitrogens with zero attached hydrogens (tertiary/aromatic N) is 1. The van der Waals surface area contributed by atoms with Gasteiger partial charge in [-0.25, -0.2) is 8.42 Å². The molecule has 5 heteroatoms. The van der Waals surface area contributed by atoms with E-state index < -0.39 is 9.84 Å². The van der Waals surface area contributed by atoms with Crippen molar-refractivity contribution in [2.45, 2.75) is 32.6 Å². The van der Waals surface area contributed by atoms with Gasteiger partial charge in [0.1, 0.15) is 11.6 Å². The average Bonchev–Trinajstić information content (AvgIpc) is 2.55. The van der Waals surface area contributed by atoms with E-state index in [2.05, 4.69) is 4.99 Å². The highest BCUT2D eigenvalue weighted by Gasteiger charge is 2.14. The van der Waals surface area contributed by atoms with Crippen molar-refractivity contribution in [2.24, 2.45) is 4.99 Å². The predicted octanol–water partition coefficient (Wildman–Crippen LogP) is 3.86. The molecule has 0 amide bonds. The van der Waals surface area contributed by atoms with Crippen LogP contribution < -0.4 is 4.74 Å². The van der Waals surface area contributed by atoms with E-state index in [1.807, 2.05) is 39.8 Å². The van der Waals surface area contributed by atoms with Crippen molar-refractivity contribution in [1.29, 1.82) is 0 Å². The van der Waals surface area contributed by atoms with Crippen LogP contribution in [0.15, 0.2) is 46.3 Å². The van der Waals surface area contributed by atoms with Crippen molar-refractivity contribution < 1.29 is 13.2 Å². The normalized spacial score (nSPS) is 12.3. The Labute approximate surface area is 144 Å². The number of aliphatic imine (C=N–C) groups is 1. The lowest BCUT2D eigenvalue weighted by molar-refractivity contribution is 0.411. The summed E-state index contributed by atoms with van der Waals surface area (Å²) in [7, 11) is -1.81. The summed E-state index contributed by atoms with van der Waals surface area (Å²) in [4.78, 5) is 4.58. The second kappa shape index (κ2) is 7.18. The lowest BCUT2D eigenvalue weighted by Crippen LogP contribution is -2.08. The van der Waals surface area contributed by atoms with Gasteiger partial charge in [0.15, 0.2) is 9.84 Å². The van der Waals surface area contributed by atoms with Crippen LogP contribution in [-0.4, -0.2) is 27.1 Å². The van der Waals surface area contributed by atoms with Crippen molar-refractivity contribution in [3.63, 3.8) is 0 Å². The molecule has 0 saturated heterocycles. The molecule has 0 unspecified atom stereocenters. The summed E-state index contributed by atoms with van der Waals surface area (Å²) in [6.07, 6.45) is 0. The van der Waals surface area contributed by atoms with E-state index in [9.17, 15) is 8.42 Å². The largest absolute Gasteiger partial charge is 0.496 e. The van der Waals surface area contributed by atoms with Crippen molar-refractivity contribution in [3.8, 4) is 5.75 Å². The zero-order valence-corrected chi connectivity index (χ0v) is 15.6. The van der Waals surface area contributed by atoms with Gasteiger partial charge in [-0.15, -0.1) is 0 Å². The highest BCUT2D eigenvalue weighted by Crippen LogP contribution is 2.24. The molecular weight excluding hydrogens is 322 g/mol. The Morgan fingerprint density at radius 2 is 1.71 bits per heavy atom. The molecule has 0 aliphatic heterocycles. The maximum Gasteiger partial charge on any atom is 0.198 e. The third kappa shape index (κ3) is 4.03. The summed E-state index contributed by atoms with van der Waals surface area (Å²) in [6.45, 7) is 7.73. The van der Waals surface area contributed by atoms with Gasteiger partial charge in [-0.3, -0.25) is 4.99 Å². The van der Waals surface area contributed by atoms with E-state index in [1.54, 1.807) is 31.4 Å². The van der Waals surface area contributed by atoms with Crippen molar-refractivity contribution in [3.05, 3.63) is 58.7 Å². The highest BCUT2D eigenvalue weighted by atomic mass is 32.2. The smallest absolute Gasteiger partial charge is 0.198 e. The Hall–Kier alpha value is -2.14. The molecule has 0 N–H and O–H groups in total. The molecule has 0 heterocycles. The van der Waals surface area contributed by atoms with E-state index in [1.165, 1.54) is 0 Å². The van der Waals surface area contributed by atoms with Gasteiger partial charge in [-0.1, -0.05) is 17.7 Å². The topological polar surface area (TPSA) is 55.7 Å². The number of ether oxygens (including phenoxy) is 1. The first-order valence-electron chi connectivity index (χ1n) is 7.70. The second-order valence-corrected chi connectivity index (χ2v) is 7.88. The number of aryl methyl sites for hydroxylation is 2. The summed E-state index contributed by atoms with van der Waals surface area (Å²) >= 11 is 0. The minimum atomic E-state index is -3.43. The van der Waals surface area contributed by atoms with Gasteiger partial charge in [0, 0.05) is 5.71 Å². The molecule has 0 fully saturated rings. The molecule has 2 rings (SSSR count). The zero-order chi connectivity index (χ0) is 17.9. The standard InChI is InChI=1S/C19H23NO3S/c1-13-6-8-18(9-7-13)24(21,22)12-20-16(4)17-10-14(2)15(3)19(11-17)23-5/h6-11H,12H2,1-5H3/b20-16+. The maximum absolute atomic E-state index is 12.4. The first-order chi connectivity index (χ1) is 11.2. The van der Waals surface area contributed by atoms with Gasteiger partial charge < -0.3 is 4.74 Å². The van der Waals surface area contributed by atoms with Gasteiger partial charge in [-0.2, -0.15) is 0 Å². The molecule has 0 atom stereocenters. The van der Waals surface area contributed by atoms with Crippen LogP contribution in [0.4, 0.5) is 0 Å². The van der Waals surface area contributed by atoms with Crippen LogP contribution in [0.25, 0.3) is 0 Å². The summed E-state index contributed by atoms with van der Waals surface area (Å²) in [5, 5.41) is 0. The van der Waals surface area contributed by atoms with Gasteiger partial charge in [0.05, 0.1) is 12.0 Å². The minimum Gasteiger partial charge on any atom is -0.496 e. The predicted molar refractivity (Wildman–Crippen MR) is 97.9 cm³/mol. The van der Waals surface area contributed by atoms with E-state index in [0.29, 0.717) is 10.6 Å². The molecule has 0 spiro atoms. The molecule has 2 aromatic rings. The van der Waals surface area contributed by atoms with E-state index >= 15 is 0 Å². The average molecular weight is 345 g/mol. The van der Waals surface area contributed by atoms with E-state index in [4.69, 9.17) is 4.74 Å². The lowest BCUT2D eigenvalue weighted by atomic mass is 10.0. The van der Waals surface area contributed by atoms with Gasteiger partial charge in [0.25, 0.3) is 0 Å². The highest BCUT2D eigenvalue weighted by molar-refractivity contribution is 7.91. The van der Waals surface area contributed by atoms with Gasteiger partial charge >= 0.3 is 0 Å². The molecule has 0 saturated carbocycles. The number of hydrogen-bond donors (Lipinski definition) is 0. The van der Waals surface area contributed by atoms with Crippen LogP contribution >= 0.6 is 0 Å². The molecule has 0 bridgehead atoms. The Morgan fingerprint density at radius 1 is 1.08 bits per heavy atom. The van der Waals surface area contributed by atoms with Gasteiger partial charge in [0.2, 0.25) is 0 Å². The molecule has 4 nitrogen and oxygen atoms in total. The summed E-state index contributed by atoms with van der Waals surface area (Å²) in [5.41, 5.74) is 4.72. The Kier molecular flexibility index (Phi) is 5.44. The Bertz CT molecular complexity index is 866. The SMILES string of the molecule is COc1cc(/C(C)=N/CS(=O)(=O)c2ccc(C)cc2)cc(C)c1C. The number of hydrogen-bond acceptors (Lipinski definition) is 4. The fourth-order valence-corrected chi connectivity index (χ4v) is 3.40. The van der Waals surface area contributed by atoms with Crippen molar-refractivity contribution in [1.82, 2.24) is 0 Å². The Balaban J connectivity index is 2.28. The second-order valence-electron chi connectivity index (χ2n) is 5.92. The van der Waals surface area contributed by atoms with Gasteiger partial charge in [-0.05, 0) is 68.7 Å². The molecule has 0 aliphatic carbocycles. The summed E-state index contributed by atoms with van der Waals surface area (Å²) in [5.74, 6) is 0.512. The fraction of sp³-hybridized carbons (Fsp3) is 0.316. The minimum absolute atomic E-state index is 0.267. The van der Waals surface area contributed by atoms with Crippen LogP contribution in [-0.2, 0) is 9.84 Å². The quantitative estimate of drug-likeness (QED) is 0.773. The third-order valence-corrected chi connectivity index (χ3v) is 5.57. The molecular formula is C19H23NO3S. The fourth-order valence-electron chi connectivity index (χ4n) is 2.34. The van der Waals surface area contributed by atoms with Crippen LogP contribution in [0, 0.1) is 20.8 Å². The van der Waals surface area contributed by atoms with Crippen LogP contribution in [0.5, 0.6) is 5.75 Å². The first kappa shape index (κ1) is 18.2. The van der Waals surface area contributed by atoms with Crippen LogP contribution in [0.2, 0.25) is 0 Å².